The standard InChI is InChI=1S/C51H50Cl2F2N4O9S/c52-41-26-58(64)27-42(53)39(41)25-40(35-14-15-43(67-49(54)55)44(24-35)66-29-31-12-13-31)51(48(61)62)59(20-21-69-51)47(60)37-10-4-6-32(22-37)30-65-38-11-5-9-36(23-38)46(34-7-2-1-3-8-34)56-50(63)68-45-28-57-18-16-33(45)17-19-57/h1-11,14-15,22-24,26-27,31,33,40,45-46,49H,12-13,16-21,25,28-30H2,(H2-,56,61,62,63,64)/t40-,45-,46-,51-/m0/s1. The summed E-state index contributed by atoms with van der Waals surface area (Å²) < 4.78 is 50.9. The van der Waals surface area contributed by atoms with Crippen molar-refractivity contribution < 1.29 is 57.2 Å². The smallest absolute Gasteiger partial charge is 0.408 e. The number of carboxylic acid groups (broad SMARTS) is 1. The lowest BCUT2D eigenvalue weighted by Crippen LogP contribution is -2.60. The highest BCUT2D eigenvalue weighted by molar-refractivity contribution is 8.01. The first-order chi connectivity index (χ1) is 33.3. The predicted octanol–water partition coefficient (Wildman–Crippen LogP) is 8.06. The topological polar surface area (TPSA) is 154 Å². The number of aromatic nitrogens is 1. The second-order valence-corrected chi connectivity index (χ2v) is 20.0. The second kappa shape index (κ2) is 21.0. The third-order valence-electron chi connectivity index (χ3n) is 13.3. The number of benzene rings is 4. The zero-order valence-corrected chi connectivity index (χ0v) is 39.6. The Morgan fingerprint density at radius 3 is 2.29 bits per heavy atom. The third-order valence-corrected chi connectivity index (χ3v) is 15.5. The van der Waals surface area contributed by atoms with Crippen LogP contribution in [0.2, 0.25) is 10.0 Å². The van der Waals surface area contributed by atoms with Crippen LogP contribution in [0.25, 0.3) is 0 Å². The lowest BCUT2D eigenvalue weighted by Gasteiger charge is -2.44. The van der Waals surface area contributed by atoms with Crippen molar-refractivity contribution in [2.24, 2.45) is 11.8 Å². The largest absolute Gasteiger partial charge is 0.547 e. The normalized spacial score (nSPS) is 21.6. The number of hydrogen-bond donors (Lipinski definition) is 2. The highest BCUT2D eigenvalue weighted by Gasteiger charge is 2.53. The van der Waals surface area contributed by atoms with Crippen LogP contribution >= 0.6 is 35.0 Å². The van der Waals surface area contributed by atoms with Crippen LogP contribution < -0.4 is 29.4 Å². The molecule has 5 aromatic rings. The van der Waals surface area contributed by atoms with Crippen molar-refractivity contribution in [2.45, 2.75) is 68.3 Å². The maximum Gasteiger partial charge on any atom is 0.408 e. The molecule has 4 aromatic carbocycles. The highest BCUT2D eigenvalue weighted by Crippen LogP contribution is 2.51. The van der Waals surface area contributed by atoms with Gasteiger partial charge in [0.15, 0.2) is 11.5 Å². The molecule has 1 aromatic heterocycles. The summed E-state index contributed by atoms with van der Waals surface area (Å²) in [5, 5.41) is 27.1. The van der Waals surface area contributed by atoms with Crippen molar-refractivity contribution in [2.75, 3.05) is 38.5 Å². The van der Waals surface area contributed by atoms with Crippen LogP contribution in [0.4, 0.5) is 13.6 Å². The molecule has 1 aliphatic carbocycles. The van der Waals surface area contributed by atoms with E-state index in [2.05, 4.69) is 10.2 Å². The Hall–Kier alpha value is -5.81. The van der Waals surface area contributed by atoms with Gasteiger partial charge in [0.2, 0.25) is 12.4 Å². The Labute approximate surface area is 412 Å². The van der Waals surface area contributed by atoms with Gasteiger partial charge in [-0.3, -0.25) is 14.9 Å². The minimum atomic E-state index is -3.16. The maximum atomic E-state index is 14.8. The van der Waals surface area contributed by atoms with Gasteiger partial charge in [0, 0.05) is 40.6 Å². The Balaban J connectivity index is 0.971. The molecule has 4 saturated heterocycles. The number of alkyl carbamates (subject to hydrolysis) is 1. The maximum absolute atomic E-state index is 14.8. The molecule has 2 bridgehead atoms. The average molecular weight is 1000 g/mol. The van der Waals surface area contributed by atoms with Crippen molar-refractivity contribution in [1.82, 2.24) is 15.1 Å². The summed E-state index contributed by atoms with van der Waals surface area (Å²) in [7, 11) is 0. The van der Waals surface area contributed by atoms with E-state index in [9.17, 15) is 33.5 Å². The molecule has 5 heterocycles. The van der Waals surface area contributed by atoms with Crippen LogP contribution in [-0.2, 0) is 22.6 Å². The number of fused-ring (bicyclic) bond motifs is 3. The van der Waals surface area contributed by atoms with E-state index < -0.39 is 41.4 Å². The number of thioether (sulfide) groups is 1. The molecule has 4 atom stereocenters. The Morgan fingerprint density at radius 1 is 0.855 bits per heavy atom. The number of pyridine rings is 1. The fourth-order valence-electron chi connectivity index (χ4n) is 9.59. The molecule has 69 heavy (non-hydrogen) atoms. The lowest BCUT2D eigenvalue weighted by atomic mass is 9.83. The number of rotatable bonds is 18. The number of nitrogens with one attached hydrogen (secondary N) is 1. The Kier molecular flexibility index (Phi) is 14.7. The van der Waals surface area contributed by atoms with E-state index in [-0.39, 0.29) is 76.6 Å². The molecule has 0 spiro atoms. The van der Waals surface area contributed by atoms with Gasteiger partial charge in [-0.2, -0.15) is 8.78 Å². The number of halogens is 4. The van der Waals surface area contributed by atoms with Gasteiger partial charge in [0.05, 0.1) is 18.6 Å². The first kappa shape index (κ1) is 48.2. The number of carbonyl (C=O) groups is 3. The van der Waals surface area contributed by atoms with Crippen molar-refractivity contribution in [3.63, 3.8) is 0 Å². The molecule has 0 unspecified atom stereocenters. The van der Waals surface area contributed by atoms with Crippen molar-refractivity contribution in [3.05, 3.63) is 153 Å². The van der Waals surface area contributed by atoms with Gasteiger partial charge in [0.25, 0.3) is 5.91 Å². The number of aliphatic carboxylic acids is 1. The van der Waals surface area contributed by atoms with Crippen molar-refractivity contribution in [1.29, 1.82) is 0 Å². The number of carboxylic acids is 1. The summed E-state index contributed by atoms with van der Waals surface area (Å²) in [5.74, 6) is -2.31. The SMILES string of the molecule is O=C(N[C@@H](c1ccccc1)c1cccc(OCc2cccc(C(=O)N3CCS[C@]3(C(=O)[O-])[C@@H](Cc3c(Cl)c[n+](O)cc3Cl)c3ccc(OC(F)F)c(OCC4CC4)c3)c2)c1)O[C@H]1CN2CCC1CC2. The molecule has 5 aliphatic rings. The van der Waals surface area contributed by atoms with E-state index in [0.717, 1.165) is 68.2 Å². The summed E-state index contributed by atoms with van der Waals surface area (Å²) >= 11 is 14.2. The van der Waals surface area contributed by atoms with E-state index in [1.807, 2.05) is 48.5 Å². The monoisotopic (exact) mass is 1000 g/mol. The first-order valence-electron chi connectivity index (χ1n) is 22.9. The molecule has 5 fully saturated rings. The van der Waals surface area contributed by atoms with Gasteiger partial charge < -0.3 is 39.1 Å². The summed E-state index contributed by atoms with van der Waals surface area (Å²) in [6.07, 6.45) is 5.40. The number of amides is 2. The molecular weight excluding hydrogens is 954 g/mol. The van der Waals surface area contributed by atoms with Gasteiger partial charge in [-0.15, -0.1) is 11.8 Å². The predicted molar refractivity (Wildman–Crippen MR) is 251 cm³/mol. The highest BCUT2D eigenvalue weighted by atomic mass is 35.5. The number of carbonyl (C=O) groups excluding carboxylic acids is 3. The minimum absolute atomic E-state index is 0.00977. The number of alkyl halides is 2. The number of nitrogens with zero attached hydrogens (tertiary/aromatic N) is 3. The van der Waals surface area contributed by atoms with Gasteiger partial charge in [-0.25, -0.2) is 4.79 Å². The average Bonchev–Trinajstić information content (AvgIpc) is 4.07. The molecule has 4 aliphatic heterocycles. The molecule has 0 radical (unpaired) electrons. The molecule has 362 valence electrons. The van der Waals surface area contributed by atoms with E-state index in [1.54, 1.807) is 30.3 Å². The van der Waals surface area contributed by atoms with Crippen LogP contribution in [0.5, 0.6) is 17.2 Å². The molecule has 2 amide bonds. The third kappa shape index (κ3) is 11.0. The quantitative estimate of drug-likeness (QED) is 0.0648. The first-order valence-corrected chi connectivity index (χ1v) is 24.6. The van der Waals surface area contributed by atoms with Gasteiger partial charge in [-0.05, 0) is 116 Å². The molecule has 18 heteroatoms. The zero-order chi connectivity index (χ0) is 48.2. The fourth-order valence-corrected chi connectivity index (χ4v) is 11.6. The Morgan fingerprint density at radius 2 is 1.59 bits per heavy atom. The van der Waals surface area contributed by atoms with E-state index in [0.29, 0.717) is 27.5 Å². The number of hydrogen-bond acceptors (Lipinski definition) is 11. The minimum Gasteiger partial charge on any atom is -0.547 e. The van der Waals surface area contributed by atoms with E-state index in [1.165, 1.54) is 35.5 Å². The zero-order valence-electron chi connectivity index (χ0n) is 37.3. The van der Waals surface area contributed by atoms with Gasteiger partial charge >= 0.3 is 12.7 Å². The second-order valence-electron chi connectivity index (χ2n) is 17.8. The van der Waals surface area contributed by atoms with Gasteiger partial charge in [-0.1, -0.05) is 83.9 Å². The molecule has 13 nitrogen and oxygen atoms in total. The molecular formula is C51H50Cl2F2N4O9S. The molecule has 1 saturated carbocycles. The van der Waals surface area contributed by atoms with Crippen LogP contribution in [0.1, 0.15) is 75.8 Å². The van der Waals surface area contributed by atoms with Crippen LogP contribution in [0.3, 0.4) is 0 Å². The lowest BCUT2D eigenvalue weighted by molar-refractivity contribution is -0.904. The van der Waals surface area contributed by atoms with E-state index >= 15 is 0 Å². The fraction of sp³-hybridized carbons (Fsp3) is 0.373. The van der Waals surface area contributed by atoms with E-state index in [4.69, 9.17) is 42.1 Å². The van der Waals surface area contributed by atoms with Crippen molar-refractivity contribution in [3.8, 4) is 17.2 Å². The molecule has 2 N–H and O–H groups in total. The van der Waals surface area contributed by atoms with Crippen LogP contribution in [0.15, 0.2) is 109 Å². The summed E-state index contributed by atoms with van der Waals surface area (Å²) in [6.45, 7) is -0.0880. The van der Waals surface area contributed by atoms with Crippen LogP contribution in [0, 0.1) is 11.8 Å². The van der Waals surface area contributed by atoms with Crippen LogP contribution in [-0.4, -0.2) is 89.1 Å². The number of piperidine rings is 3. The summed E-state index contributed by atoms with van der Waals surface area (Å²) in [5.41, 5.74) is 2.97. The number of ether oxygens (including phenoxy) is 4. The Bertz CT molecular complexity index is 2650. The molecule has 10 rings (SSSR count). The summed E-state index contributed by atoms with van der Waals surface area (Å²) in [4.78, 5) is 43.6. The summed E-state index contributed by atoms with van der Waals surface area (Å²) in [6, 6.07) is 27.3. The van der Waals surface area contributed by atoms with Gasteiger partial charge in [0.1, 0.15) is 33.4 Å². The van der Waals surface area contributed by atoms with Crippen molar-refractivity contribution >= 4 is 52.9 Å².